The van der Waals surface area contributed by atoms with Crippen LogP contribution in [0.1, 0.15) is 36.5 Å². The molecule has 1 aliphatic rings. The molecule has 0 spiro atoms. The second-order valence-corrected chi connectivity index (χ2v) is 6.54. The molecule has 1 aromatic rings. The predicted molar refractivity (Wildman–Crippen MR) is 106 cm³/mol. The highest BCUT2D eigenvalue weighted by molar-refractivity contribution is 5.97. The number of carbonyl (C=O) groups is 2. The molecule has 1 saturated heterocycles. The first kappa shape index (κ1) is 23.8. The maximum absolute atomic E-state index is 12.6. The highest BCUT2D eigenvalue weighted by Crippen LogP contribution is 2.16. The number of carbonyl (C=O) groups excluding carboxylic acids is 2. The highest BCUT2D eigenvalue weighted by Gasteiger charge is 2.27. The third kappa shape index (κ3) is 6.74. The second-order valence-electron chi connectivity index (χ2n) is 6.54. The van der Waals surface area contributed by atoms with E-state index in [1.807, 2.05) is 0 Å². The molecule has 1 fully saturated rings. The molecule has 28 heavy (non-hydrogen) atoms. The van der Waals surface area contributed by atoms with Crippen molar-refractivity contribution in [1.82, 2.24) is 10.2 Å². The molecule has 0 aliphatic carbocycles. The van der Waals surface area contributed by atoms with Crippen LogP contribution in [0, 0.1) is 10.1 Å². The summed E-state index contributed by atoms with van der Waals surface area (Å²) in [6.45, 7) is 3.98. The lowest BCUT2D eigenvalue weighted by atomic mass is 10.1. The molecule has 10 heteroatoms. The molecular formula is C18H27ClN4O5. The van der Waals surface area contributed by atoms with Gasteiger partial charge in [0.1, 0.15) is 6.04 Å². The van der Waals surface area contributed by atoms with Crippen molar-refractivity contribution in [3.05, 3.63) is 39.9 Å². The molecule has 1 aromatic carbocycles. The van der Waals surface area contributed by atoms with Crippen molar-refractivity contribution in [2.75, 3.05) is 26.2 Å². The molecular weight excluding hydrogens is 388 g/mol. The first-order valence-electron chi connectivity index (χ1n) is 9.08. The SMILES string of the molecule is CC(NC(=O)c1cccc([N+](=O)[O-])c1)C(=O)N1CCC(OCCCN)CC1.Cl. The Hall–Kier alpha value is -2.23. The molecule has 2 amide bonds. The summed E-state index contributed by atoms with van der Waals surface area (Å²) in [6.07, 6.45) is 2.46. The molecule has 9 nitrogen and oxygen atoms in total. The van der Waals surface area contributed by atoms with Crippen LogP contribution in [-0.2, 0) is 9.53 Å². The minimum absolute atomic E-state index is 0. The number of nitrogens with zero attached hydrogens (tertiary/aromatic N) is 2. The molecule has 2 rings (SSSR count). The number of ether oxygens (including phenoxy) is 1. The molecule has 1 atom stereocenters. The van der Waals surface area contributed by atoms with E-state index in [-0.39, 0.29) is 35.7 Å². The molecule has 1 unspecified atom stereocenters. The van der Waals surface area contributed by atoms with Gasteiger partial charge in [0, 0.05) is 37.4 Å². The van der Waals surface area contributed by atoms with Gasteiger partial charge in [-0.15, -0.1) is 12.4 Å². The second kappa shape index (κ2) is 11.6. The van der Waals surface area contributed by atoms with Gasteiger partial charge in [0.25, 0.3) is 11.6 Å². The van der Waals surface area contributed by atoms with Crippen molar-refractivity contribution in [2.24, 2.45) is 5.73 Å². The summed E-state index contributed by atoms with van der Waals surface area (Å²) in [7, 11) is 0. The third-order valence-electron chi connectivity index (χ3n) is 4.49. The van der Waals surface area contributed by atoms with Gasteiger partial charge in [-0.2, -0.15) is 0 Å². The first-order chi connectivity index (χ1) is 12.9. The van der Waals surface area contributed by atoms with Crippen LogP contribution in [0.15, 0.2) is 24.3 Å². The molecule has 1 heterocycles. The van der Waals surface area contributed by atoms with E-state index in [1.165, 1.54) is 24.3 Å². The summed E-state index contributed by atoms with van der Waals surface area (Å²) in [5.74, 6) is -0.686. The van der Waals surface area contributed by atoms with Gasteiger partial charge in [-0.3, -0.25) is 19.7 Å². The van der Waals surface area contributed by atoms with Crippen molar-refractivity contribution in [2.45, 2.75) is 38.3 Å². The van der Waals surface area contributed by atoms with Gasteiger partial charge in [0.05, 0.1) is 11.0 Å². The first-order valence-corrected chi connectivity index (χ1v) is 9.08. The quantitative estimate of drug-likeness (QED) is 0.377. The lowest BCUT2D eigenvalue weighted by Crippen LogP contribution is -2.50. The number of benzene rings is 1. The minimum atomic E-state index is -0.716. The van der Waals surface area contributed by atoms with Gasteiger partial charge in [0.2, 0.25) is 5.91 Å². The number of nitrogens with two attached hydrogens (primary N) is 1. The molecule has 0 radical (unpaired) electrons. The zero-order valence-corrected chi connectivity index (χ0v) is 16.7. The van der Waals surface area contributed by atoms with E-state index in [2.05, 4.69) is 5.32 Å². The third-order valence-corrected chi connectivity index (χ3v) is 4.49. The molecule has 0 aromatic heterocycles. The number of nitrogens with one attached hydrogen (secondary N) is 1. The Balaban J connectivity index is 0.00000392. The zero-order chi connectivity index (χ0) is 19.8. The van der Waals surface area contributed by atoms with Crippen molar-refractivity contribution >= 4 is 29.9 Å². The summed E-state index contributed by atoms with van der Waals surface area (Å²) >= 11 is 0. The molecule has 3 N–H and O–H groups in total. The fraction of sp³-hybridized carbons (Fsp3) is 0.556. The van der Waals surface area contributed by atoms with Crippen LogP contribution in [0.4, 0.5) is 5.69 Å². The number of nitro benzene ring substituents is 1. The molecule has 0 bridgehead atoms. The lowest BCUT2D eigenvalue weighted by Gasteiger charge is -2.33. The largest absolute Gasteiger partial charge is 0.378 e. The fourth-order valence-corrected chi connectivity index (χ4v) is 2.95. The Morgan fingerprint density at radius 3 is 2.68 bits per heavy atom. The van der Waals surface area contributed by atoms with E-state index >= 15 is 0 Å². The van der Waals surface area contributed by atoms with Gasteiger partial charge in [0.15, 0.2) is 0 Å². The topological polar surface area (TPSA) is 128 Å². The normalized spacial score (nSPS) is 15.4. The van der Waals surface area contributed by atoms with Gasteiger partial charge in [-0.1, -0.05) is 6.07 Å². The number of piperidine rings is 1. The smallest absolute Gasteiger partial charge is 0.270 e. The summed E-state index contributed by atoms with van der Waals surface area (Å²) in [4.78, 5) is 36.8. The van der Waals surface area contributed by atoms with E-state index in [0.717, 1.165) is 19.3 Å². The van der Waals surface area contributed by atoms with Crippen LogP contribution in [0.3, 0.4) is 0 Å². The van der Waals surface area contributed by atoms with Gasteiger partial charge in [-0.05, 0) is 38.8 Å². The van der Waals surface area contributed by atoms with Crippen molar-refractivity contribution in [1.29, 1.82) is 0 Å². The standard InChI is InChI=1S/C18H26N4O5.ClH/c1-13(20-17(23)14-4-2-5-15(12-14)22(25)26)18(24)21-9-6-16(7-10-21)27-11-3-8-19;/h2,4-5,12-13,16H,3,6-11,19H2,1H3,(H,20,23);1H. The van der Waals surface area contributed by atoms with E-state index < -0.39 is 16.9 Å². The van der Waals surface area contributed by atoms with E-state index in [9.17, 15) is 19.7 Å². The van der Waals surface area contributed by atoms with Crippen molar-refractivity contribution in [3.8, 4) is 0 Å². The van der Waals surface area contributed by atoms with Crippen LogP contribution in [0.25, 0.3) is 0 Å². The fourth-order valence-electron chi connectivity index (χ4n) is 2.95. The Bertz CT molecular complexity index is 680. The van der Waals surface area contributed by atoms with E-state index in [1.54, 1.807) is 11.8 Å². The lowest BCUT2D eigenvalue weighted by molar-refractivity contribution is -0.384. The van der Waals surface area contributed by atoms with E-state index in [4.69, 9.17) is 10.5 Å². The van der Waals surface area contributed by atoms with E-state index in [0.29, 0.717) is 26.2 Å². The Morgan fingerprint density at radius 2 is 2.07 bits per heavy atom. The predicted octanol–water partition coefficient (Wildman–Crippen LogP) is 1.49. The number of hydrogen-bond donors (Lipinski definition) is 2. The van der Waals surface area contributed by atoms with Crippen LogP contribution >= 0.6 is 12.4 Å². The average Bonchev–Trinajstić information content (AvgIpc) is 2.68. The number of non-ortho nitro benzene ring substituents is 1. The molecule has 156 valence electrons. The van der Waals surface area contributed by atoms with Gasteiger partial charge < -0.3 is 20.7 Å². The minimum Gasteiger partial charge on any atom is -0.378 e. The van der Waals surface area contributed by atoms with Crippen LogP contribution in [0.5, 0.6) is 0 Å². The molecule has 0 saturated carbocycles. The number of rotatable bonds is 8. The number of hydrogen-bond acceptors (Lipinski definition) is 6. The Morgan fingerprint density at radius 1 is 1.39 bits per heavy atom. The maximum Gasteiger partial charge on any atom is 0.270 e. The van der Waals surface area contributed by atoms with Crippen molar-refractivity contribution < 1.29 is 19.2 Å². The average molecular weight is 415 g/mol. The maximum atomic E-state index is 12.6. The summed E-state index contributed by atoms with van der Waals surface area (Å²) < 4.78 is 5.72. The number of likely N-dealkylation sites (tertiary alicyclic amines) is 1. The summed E-state index contributed by atoms with van der Waals surface area (Å²) in [6, 6.07) is 4.70. The number of amides is 2. The Labute approximate surface area is 170 Å². The number of nitro groups is 1. The zero-order valence-electron chi connectivity index (χ0n) is 15.8. The summed E-state index contributed by atoms with van der Waals surface area (Å²) in [5, 5.41) is 13.4. The van der Waals surface area contributed by atoms with Gasteiger partial charge >= 0.3 is 0 Å². The summed E-state index contributed by atoms with van der Waals surface area (Å²) in [5.41, 5.74) is 5.42. The molecule has 1 aliphatic heterocycles. The monoisotopic (exact) mass is 414 g/mol. The van der Waals surface area contributed by atoms with Gasteiger partial charge in [-0.25, -0.2) is 0 Å². The van der Waals surface area contributed by atoms with Crippen LogP contribution < -0.4 is 11.1 Å². The van der Waals surface area contributed by atoms with Crippen molar-refractivity contribution in [3.63, 3.8) is 0 Å². The number of halogens is 1. The van der Waals surface area contributed by atoms with Crippen LogP contribution in [-0.4, -0.2) is 60.0 Å². The Kier molecular flexibility index (Phi) is 9.84. The van der Waals surface area contributed by atoms with Crippen LogP contribution in [0.2, 0.25) is 0 Å². The highest BCUT2D eigenvalue weighted by atomic mass is 35.5.